The highest BCUT2D eigenvalue weighted by Gasteiger charge is 2.15. The number of carbonyl (C=O) groups is 1. The molecule has 18 heavy (non-hydrogen) atoms. The Hall–Kier alpha value is -0.720. The molecule has 2 rings (SSSR count). The lowest BCUT2D eigenvalue weighted by atomic mass is 10.4. The summed E-state index contributed by atoms with van der Waals surface area (Å²) >= 11 is 1.42. The number of carbonyl (C=O) groups excluding carboxylic acids is 1. The van der Waals surface area contributed by atoms with Crippen LogP contribution < -0.4 is 10.4 Å². The number of unbranched alkanes of at least 4 members (excludes halogenated alkanes) is 1. The number of fused-ring (bicyclic) bond motifs is 1. The SMILES string of the molecule is CCCCS1=c2cc(C(=N)N)sc2=NCC1=O.Cl. The number of thiophene rings is 1. The third-order valence-electron chi connectivity index (χ3n) is 2.54. The van der Waals surface area contributed by atoms with Crippen molar-refractivity contribution in [3.8, 4) is 0 Å². The van der Waals surface area contributed by atoms with Gasteiger partial charge in [0, 0.05) is 4.51 Å². The summed E-state index contributed by atoms with van der Waals surface area (Å²) in [4.78, 5) is 16.9. The van der Waals surface area contributed by atoms with Crippen molar-refractivity contribution in [2.45, 2.75) is 19.8 Å². The molecule has 100 valence electrons. The van der Waals surface area contributed by atoms with E-state index in [-0.39, 0.29) is 40.4 Å². The molecular formula is C11H16ClN3OS2. The van der Waals surface area contributed by atoms with E-state index in [0.29, 0.717) is 0 Å². The van der Waals surface area contributed by atoms with E-state index in [0.717, 1.165) is 32.7 Å². The first kappa shape index (κ1) is 15.3. The molecular weight excluding hydrogens is 290 g/mol. The second kappa shape index (κ2) is 6.45. The second-order valence-corrected chi connectivity index (χ2v) is 6.95. The number of hydrogen-bond donors (Lipinski definition) is 2. The van der Waals surface area contributed by atoms with Gasteiger partial charge in [0.2, 0.25) is 5.12 Å². The zero-order valence-electron chi connectivity index (χ0n) is 10.1. The molecule has 0 aromatic carbocycles. The first-order chi connectivity index (χ1) is 8.13. The monoisotopic (exact) mass is 305 g/mol. The fourth-order valence-electron chi connectivity index (χ4n) is 1.63. The van der Waals surface area contributed by atoms with E-state index in [1.54, 1.807) is 0 Å². The summed E-state index contributed by atoms with van der Waals surface area (Å²) in [6.45, 7) is 2.41. The first-order valence-electron chi connectivity index (χ1n) is 5.53. The summed E-state index contributed by atoms with van der Waals surface area (Å²) < 4.78 is 1.90. The van der Waals surface area contributed by atoms with Crippen LogP contribution in [-0.4, -0.2) is 23.2 Å². The Bertz CT molecular complexity index is 594. The van der Waals surface area contributed by atoms with Crippen LogP contribution in [0.2, 0.25) is 0 Å². The Kier molecular flexibility index (Phi) is 5.49. The van der Waals surface area contributed by atoms with Crippen molar-refractivity contribution in [1.29, 1.82) is 5.41 Å². The fraction of sp³-hybridized carbons (Fsp3) is 0.455. The number of nitrogens with one attached hydrogen (secondary N) is 1. The average molecular weight is 306 g/mol. The maximum atomic E-state index is 11.9. The largest absolute Gasteiger partial charge is 0.383 e. The number of amidine groups is 1. The number of nitrogens with zero attached hydrogens (tertiary/aromatic N) is 1. The predicted molar refractivity (Wildman–Crippen MR) is 79.8 cm³/mol. The minimum atomic E-state index is -0.334. The van der Waals surface area contributed by atoms with E-state index in [1.165, 1.54) is 11.3 Å². The number of nitrogen functional groups attached to an aromatic ring is 1. The normalized spacial score (nSPS) is 17.6. The van der Waals surface area contributed by atoms with Crippen molar-refractivity contribution in [3.63, 3.8) is 0 Å². The highest BCUT2D eigenvalue weighted by molar-refractivity contribution is 8.23. The van der Waals surface area contributed by atoms with E-state index < -0.39 is 0 Å². The van der Waals surface area contributed by atoms with E-state index in [1.807, 2.05) is 6.07 Å². The van der Waals surface area contributed by atoms with Crippen LogP contribution in [0.3, 0.4) is 0 Å². The lowest BCUT2D eigenvalue weighted by Gasteiger charge is -2.08. The van der Waals surface area contributed by atoms with Gasteiger partial charge in [0.25, 0.3) is 0 Å². The third-order valence-corrected chi connectivity index (χ3v) is 5.99. The number of rotatable bonds is 4. The summed E-state index contributed by atoms with van der Waals surface area (Å²) in [5, 5.41) is 7.66. The van der Waals surface area contributed by atoms with Crippen LogP contribution in [0.25, 0.3) is 0 Å². The van der Waals surface area contributed by atoms with Crippen LogP contribution >= 0.6 is 34.2 Å². The summed E-state index contributed by atoms with van der Waals surface area (Å²) in [7, 11) is -0.334. The summed E-state index contributed by atoms with van der Waals surface area (Å²) in [5.74, 6) is 0.970. The maximum absolute atomic E-state index is 11.9. The van der Waals surface area contributed by atoms with Gasteiger partial charge in [0.05, 0.1) is 4.88 Å². The molecule has 7 heteroatoms. The molecule has 1 atom stereocenters. The van der Waals surface area contributed by atoms with Gasteiger partial charge in [0.15, 0.2) is 0 Å². The molecule has 0 radical (unpaired) electrons. The number of halogens is 1. The molecule has 0 spiro atoms. The molecule has 0 aliphatic carbocycles. The zero-order chi connectivity index (χ0) is 12.4. The van der Waals surface area contributed by atoms with Crippen molar-refractivity contribution in [1.82, 2.24) is 0 Å². The molecule has 1 aromatic heterocycles. The molecule has 1 aliphatic heterocycles. The average Bonchev–Trinajstić information content (AvgIpc) is 2.72. The van der Waals surface area contributed by atoms with Crippen LogP contribution in [0.5, 0.6) is 0 Å². The van der Waals surface area contributed by atoms with Crippen LogP contribution in [-0.2, 0) is 4.79 Å². The lowest BCUT2D eigenvalue weighted by Crippen LogP contribution is -2.13. The molecule has 2 heterocycles. The molecule has 0 fully saturated rings. The minimum Gasteiger partial charge on any atom is -0.383 e. The Morgan fingerprint density at radius 2 is 2.39 bits per heavy atom. The van der Waals surface area contributed by atoms with Crippen molar-refractivity contribution >= 4 is 45.2 Å². The van der Waals surface area contributed by atoms with Gasteiger partial charge in [-0.1, -0.05) is 13.3 Å². The van der Waals surface area contributed by atoms with E-state index in [4.69, 9.17) is 11.1 Å². The highest BCUT2D eigenvalue weighted by Crippen LogP contribution is 2.24. The summed E-state index contributed by atoms with van der Waals surface area (Å²) in [5.41, 5.74) is 5.48. The Morgan fingerprint density at radius 3 is 3.00 bits per heavy atom. The van der Waals surface area contributed by atoms with Gasteiger partial charge in [-0.2, -0.15) is 0 Å². The Labute approximate surface area is 118 Å². The quantitative estimate of drug-likeness (QED) is 0.506. The molecule has 1 aromatic rings. The van der Waals surface area contributed by atoms with Crippen molar-refractivity contribution in [2.75, 3.05) is 12.3 Å². The van der Waals surface area contributed by atoms with Crippen LogP contribution in [0.4, 0.5) is 0 Å². The first-order valence-corrected chi connectivity index (χ1v) is 7.74. The fourth-order valence-corrected chi connectivity index (χ4v) is 4.94. The number of nitrogens with two attached hydrogens (primary N) is 1. The van der Waals surface area contributed by atoms with Gasteiger partial charge < -0.3 is 5.73 Å². The minimum absolute atomic E-state index is 0. The van der Waals surface area contributed by atoms with Crippen LogP contribution in [0.15, 0.2) is 11.1 Å². The molecule has 4 nitrogen and oxygen atoms in total. The molecule has 1 aliphatic rings. The van der Waals surface area contributed by atoms with Gasteiger partial charge in [-0.05, 0) is 18.2 Å². The van der Waals surface area contributed by atoms with Crippen molar-refractivity contribution < 1.29 is 4.79 Å². The van der Waals surface area contributed by atoms with Gasteiger partial charge in [0.1, 0.15) is 17.1 Å². The molecule has 0 saturated heterocycles. The molecule has 0 amide bonds. The number of hydrogen-bond acceptors (Lipinski definition) is 4. The standard InChI is InChI=1S/C11H15N3OS2.ClH/c1-2-3-4-17-8-5-7(10(12)13)16-11(8)14-6-9(17)15;/h5H,2-4,6H2,1H3,(H3,12,13);1H. The molecule has 1 unspecified atom stereocenters. The maximum Gasteiger partial charge on any atom is 0.205 e. The molecule has 0 bridgehead atoms. The lowest BCUT2D eigenvalue weighted by molar-refractivity contribution is -0.109. The summed E-state index contributed by atoms with van der Waals surface area (Å²) in [6.07, 6.45) is 2.15. The topological polar surface area (TPSA) is 79.3 Å². The summed E-state index contributed by atoms with van der Waals surface area (Å²) in [6, 6.07) is 1.88. The Balaban J connectivity index is 0.00000162. The van der Waals surface area contributed by atoms with Gasteiger partial charge in [-0.3, -0.25) is 15.2 Å². The van der Waals surface area contributed by atoms with E-state index in [9.17, 15) is 4.79 Å². The second-order valence-electron chi connectivity index (χ2n) is 3.83. The van der Waals surface area contributed by atoms with Gasteiger partial charge in [-0.15, -0.1) is 34.2 Å². The van der Waals surface area contributed by atoms with Crippen LogP contribution in [0.1, 0.15) is 24.6 Å². The molecule has 3 N–H and O–H groups in total. The Morgan fingerprint density at radius 1 is 1.67 bits per heavy atom. The molecule has 0 saturated carbocycles. The van der Waals surface area contributed by atoms with E-state index >= 15 is 0 Å². The smallest absolute Gasteiger partial charge is 0.205 e. The van der Waals surface area contributed by atoms with Gasteiger partial charge in [-0.25, -0.2) is 0 Å². The third kappa shape index (κ3) is 2.99. The highest BCUT2D eigenvalue weighted by atomic mass is 35.5. The van der Waals surface area contributed by atoms with Gasteiger partial charge >= 0.3 is 0 Å². The zero-order valence-corrected chi connectivity index (χ0v) is 12.5. The predicted octanol–water partition coefficient (Wildman–Crippen LogP) is 1.93. The van der Waals surface area contributed by atoms with Crippen LogP contribution in [0, 0.1) is 9.92 Å². The van der Waals surface area contributed by atoms with Crippen molar-refractivity contribution in [2.24, 2.45) is 10.7 Å². The van der Waals surface area contributed by atoms with Crippen molar-refractivity contribution in [3.05, 3.63) is 20.1 Å². The van der Waals surface area contributed by atoms with E-state index in [2.05, 4.69) is 11.9 Å².